The van der Waals surface area contributed by atoms with E-state index in [1.807, 2.05) is 19.1 Å². The molecule has 0 radical (unpaired) electrons. The molecule has 1 saturated heterocycles. The maximum absolute atomic E-state index is 5.55. The lowest BCUT2D eigenvalue weighted by Crippen LogP contribution is -2.31. The van der Waals surface area contributed by atoms with E-state index in [2.05, 4.69) is 40.3 Å². The standard InChI is InChI=1S/C21H25N3OS.2ClH/c1-2-25-17-5-3-16(4-6-17)19-13-20(21-18(24-19)9-12-26-21)23-14-15-7-10-22-11-8-15;;/h3-6,9,12-13,15,22H,2,7-8,10-11,14H2,1H3,(H,23,24);2*1H. The number of hydrogen-bond donors (Lipinski definition) is 2. The third-order valence-electron chi connectivity index (χ3n) is 4.91. The summed E-state index contributed by atoms with van der Waals surface area (Å²) >= 11 is 1.76. The summed E-state index contributed by atoms with van der Waals surface area (Å²) in [6, 6.07) is 12.5. The maximum Gasteiger partial charge on any atom is 0.119 e. The van der Waals surface area contributed by atoms with Gasteiger partial charge in [0.1, 0.15) is 5.75 Å². The lowest BCUT2D eigenvalue weighted by atomic mass is 9.98. The number of halogens is 2. The van der Waals surface area contributed by atoms with Gasteiger partial charge in [0.15, 0.2) is 0 Å². The van der Waals surface area contributed by atoms with Crippen LogP contribution in [-0.4, -0.2) is 31.2 Å². The molecule has 4 nitrogen and oxygen atoms in total. The van der Waals surface area contributed by atoms with E-state index in [1.54, 1.807) is 11.3 Å². The summed E-state index contributed by atoms with van der Waals surface area (Å²) in [6.45, 7) is 5.98. The van der Waals surface area contributed by atoms with Crippen LogP contribution in [0.4, 0.5) is 5.69 Å². The third kappa shape index (κ3) is 5.29. The van der Waals surface area contributed by atoms with Crippen molar-refractivity contribution in [2.45, 2.75) is 19.8 Å². The van der Waals surface area contributed by atoms with Crippen molar-refractivity contribution in [2.75, 3.05) is 31.6 Å². The molecule has 0 saturated carbocycles. The van der Waals surface area contributed by atoms with Crippen LogP contribution in [0.1, 0.15) is 19.8 Å². The summed E-state index contributed by atoms with van der Waals surface area (Å²) in [5.74, 6) is 1.64. The number of nitrogens with zero attached hydrogens (tertiary/aromatic N) is 1. The SMILES string of the molecule is CCOc1ccc(-c2cc(NCC3CCNCC3)c3sccc3n2)cc1.Cl.Cl. The van der Waals surface area contributed by atoms with Gasteiger partial charge in [-0.2, -0.15) is 0 Å². The van der Waals surface area contributed by atoms with Gasteiger partial charge in [0.05, 0.1) is 28.2 Å². The molecule has 0 spiro atoms. The Hall–Kier alpha value is -1.53. The lowest BCUT2D eigenvalue weighted by molar-refractivity contribution is 0.340. The Labute approximate surface area is 182 Å². The first-order chi connectivity index (χ1) is 12.8. The maximum atomic E-state index is 5.55. The number of piperidine rings is 1. The van der Waals surface area contributed by atoms with E-state index < -0.39 is 0 Å². The summed E-state index contributed by atoms with van der Waals surface area (Å²) in [4.78, 5) is 4.86. The number of fused-ring (bicyclic) bond motifs is 1. The first-order valence-electron chi connectivity index (χ1n) is 9.39. The van der Waals surface area contributed by atoms with Crippen molar-refractivity contribution in [1.82, 2.24) is 10.3 Å². The summed E-state index contributed by atoms with van der Waals surface area (Å²) in [6.07, 6.45) is 2.49. The van der Waals surface area contributed by atoms with Gasteiger partial charge in [0, 0.05) is 12.1 Å². The van der Waals surface area contributed by atoms with Crippen LogP contribution in [0.5, 0.6) is 5.75 Å². The fraction of sp³-hybridized carbons (Fsp3) is 0.381. The minimum atomic E-state index is 0. The molecule has 1 aliphatic rings. The summed E-state index contributed by atoms with van der Waals surface area (Å²) in [5, 5.41) is 9.26. The molecule has 0 atom stereocenters. The Morgan fingerprint density at radius 1 is 1.14 bits per heavy atom. The molecule has 0 unspecified atom stereocenters. The molecule has 1 aliphatic heterocycles. The average molecular weight is 440 g/mol. The van der Waals surface area contributed by atoms with Crippen LogP contribution in [0.25, 0.3) is 21.5 Å². The first-order valence-corrected chi connectivity index (χ1v) is 10.3. The Balaban J connectivity index is 0.00000140. The lowest BCUT2D eigenvalue weighted by Gasteiger charge is -2.23. The monoisotopic (exact) mass is 439 g/mol. The molecule has 0 bridgehead atoms. The summed E-state index contributed by atoms with van der Waals surface area (Å²) in [5.41, 5.74) is 4.39. The molecule has 28 heavy (non-hydrogen) atoms. The van der Waals surface area contributed by atoms with Gasteiger partial charge in [-0.3, -0.25) is 0 Å². The van der Waals surface area contributed by atoms with E-state index in [-0.39, 0.29) is 24.8 Å². The Morgan fingerprint density at radius 2 is 1.89 bits per heavy atom. The number of anilines is 1. The van der Waals surface area contributed by atoms with Crippen LogP contribution in [0.2, 0.25) is 0 Å². The molecule has 0 aliphatic carbocycles. The highest BCUT2D eigenvalue weighted by Gasteiger charge is 2.14. The minimum Gasteiger partial charge on any atom is -0.494 e. The third-order valence-corrected chi connectivity index (χ3v) is 5.85. The molecule has 4 rings (SSSR count). The van der Waals surface area contributed by atoms with Gasteiger partial charge < -0.3 is 15.4 Å². The quantitative estimate of drug-likeness (QED) is 0.523. The number of aromatic nitrogens is 1. The zero-order valence-corrected chi connectivity index (χ0v) is 18.4. The van der Waals surface area contributed by atoms with Crippen molar-refractivity contribution in [2.24, 2.45) is 5.92 Å². The molecular formula is C21H27Cl2N3OS. The number of rotatable bonds is 6. The van der Waals surface area contributed by atoms with Crippen molar-refractivity contribution in [3.63, 3.8) is 0 Å². The van der Waals surface area contributed by atoms with Crippen molar-refractivity contribution in [3.05, 3.63) is 41.8 Å². The molecular weight excluding hydrogens is 413 g/mol. The van der Waals surface area contributed by atoms with Gasteiger partial charge in [0.2, 0.25) is 0 Å². The second-order valence-corrected chi connectivity index (χ2v) is 7.64. The summed E-state index contributed by atoms with van der Waals surface area (Å²) in [7, 11) is 0. The highest BCUT2D eigenvalue weighted by atomic mass is 35.5. The zero-order valence-electron chi connectivity index (χ0n) is 15.9. The molecule has 1 fully saturated rings. The Morgan fingerprint density at radius 3 is 2.61 bits per heavy atom. The minimum absolute atomic E-state index is 0. The fourth-order valence-corrected chi connectivity index (χ4v) is 4.29. The van der Waals surface area contributed by atoms with E-state index >= 15 is 0 Å². The molecule has 3 aromatic rings. The summed E-state index contributed by atoms with van der Waals surface area (Å²) < 4.78 is 6.79. The smallest absolute Gasteiger partial charge is 0.119 e. The molecule has 1 aromatic carbocycles. The largest absolute Gasteiger partial charge is 0.494 e. The number of nitrogens with one attached hydrogen (secondary N) is 2. The van der Waals surface area contributed by atoms with Gasteiger partial charge in [0.25, 0.3) is 0 Å². The molecule has 3 heterocycles. The van der Waals surface area contributed by atoms with Crippen LogP contribution in [0.15, 0.2) is 41.8 Å². The van der Waals surface area contributed by atoms with E-state index in [4.69, 9.17) is 9.72 Å². The first kappa shape index (κ1) is 22.8. The molecule has 2 aromatic heterocycles. The molecule has 0 amide bonds. The predicted molar refractivity (Wildman–Crippen MR) is 125 cm³/mol. The average Bonchev–Trinajstić information content (AvgIpc) is 3.16. The number of hydrogen-bond acceptors (Lipinski definition) is 5. The second kappa shape index (κ2) is 10.9. The van der Waals surface area contributed by atoms with E-state index in [9.17, 15) is 0 Å². The van der Waals surface area contributed by atoms with Crippen LogP contribution >= 0.6 is 36.2 Å². The topological polar surface area (TPSA) is 46.2 Å². The predicted octanol–water partition coefficient (Wildman–Crippen LogP) is 5.62. The van der Waals surface area contributed by atoms with Gasteiger partial charge in [-0.05, 0) is 80.6 Å². The van der Waals surface area contributed by atoms with Gasteiger partial charge in [-0.1, -0.05) is 0 Å². The fourth-order valence-electron chi connectivity index (χ4n) is 3.46. The highest BCUT2D eigenvalue weighted by molar-refractivity contribution is 7.17. The number of pyridine rings is 1. The Kier molecular flexibility index (Phi) is 8.83. The molecule has 7 heteroatoms. The number of thiophene rings is 1. The zero-order chi connectivity index (χ0) is 17.8. The van der Waals surface area contributed by atoms with E-state index in [1.165, 1.54) is 23.2 Å². The van der Waals surface area contributed by atoms with Crippen LogP contribution in [-0.2, 0) is 0 Å². The van der Waals surface area contributed by atoms with Crippen LogP contribution in [0, 0.1) is 5.92 Å². The van der Waals surface area contributed by atoms with E-state index in [0.29, 0.717) is 6.61 Å². The molecule has 2 N–H and O–H groups in total. The van der Waals surface area contributed by atoms with Crippen LogP contribution in [0.3, 0.4) is 0 Å². The normalized spacial score (nSPS) is 14.2. The Bertz CT molecular complexity index is 864. The number of benzene rings is 1. The molecule has 152 valence electrons. The van der Waals surface area contributed by atoms with Crippen molar-refractivity contribution >= 4 is 52.1 Å². The van der Waals surface area contributed by atoms with Crippen molar-refractivity contribution < 1.29 is 4.74 Å². The van der Waals surface area contributed by atoms with Crippen molar-refractivity contribution in [3.8, 4) is 17.0 Å². The van der Waals surface area contributed by atoms with Gasteiger partial charge >= 0.3 is 0 Å². The highest BCUT2D eigenvalue weighted by Crippen LogP contribution is 2.33. The van der Waals surface area contributed by atoms with Gasteiger partial charge in [-0.25, -0.2) is 4.98 Å². The van der Waals surface area contributed by atoms with Crippen LogP contribution < -0.4 is 15.4 Å². The van der Waals surface area contributed by atoms with Crippen molar-refractivity contribution in [1.29, 1.82) is 0 Å². The van der Waals surface area contributed by atoms with Gasteiger partial charge in [-0.15, -0.1) is 36.2 Å². The number of ether oxygens (including phenoxy) is 1. The van der Waals surface area contributed by atoms with E-state index in [0.717, 1.165) is 48.1 Å². The second-order valence-electron chi connectivity index (χ2n) is 6.72.